The molecule has 0 fully saturated rings. The highest BCUT2D eigenvalue weighted by Crippen LogP contribution is 2.23. The monoisotopic (exact) mass is 367 g/mol. The highest BCUT2D eigenvalue weighted by Gasteiger charge is 2.11. The van der Waals surface area contributed by atoms with Crippen molar-refractivity contribution in [3.05, 3.63) is 62.0 Å². The summed E-state index contributed by atoms with van der Waals surface area (Å²) in [5.74, 6) is -0.0138. The first-order chi connectivity index (χ1) is 8.47. The third-order valence-corrected chi connectivity index (χ3v) is 3.57. The van der Waals surface area contributed by atoms with Crippen molar-refractivity contribution in [1.82, 2.24) is 0 Å². The molecule has 0 heterocycles. The number of benzene rings is 2. The van der Waals surface area contributed by atoms with Gasteiger partial charge in [0.15, 0.2) is 5.78 Å². The third kappa shape index (κ3) is 2.82. The van der Waals surface area contributed by atoms with Crippen LogP contribution in [0.25, 0.3) is 0 Å². The highest BCUT2D eigenvalue weighted by atomic mass is 79.9. The fraction of sp³-hybridized carbons (Fsp3) is 0.0714. The highest BCUT2D eigenvalue weighted by molar-refractivity contribution is 9.11. The van der Waals surface area contributed by atoms with Crippen molar-refractivity contribution in [2.45, 2.75) is 6.92 Å². The number of carbonyl (C=O) groups is 1. The summed E-state index contributed by atoms with van der Waals surface area (Å²) in [6.07, 6.45) is 0. The summed E-state index contributed by atoms with van der Waals surface area (Å²) in [5, 5.41) is 0. The number of hydrogen-bond acceptors (Lipinski definition) is 2. The molecule has 0 bridgehead atoms. The summed E-state index contributed by atoms with van der Waals surface area (Å²) in [6.45, 7) is 1.89. The van der Waals surface area contributed by atoms with Crippen LogP contribution in [0, 0.1) is 6.92 Å². The van der Waals surface area contributed by atoms with Crippen molar-refractivity contribution in [3.8, 4) is 0 Å². The Kier molecular flexibility index (Phi) is 3.88. The van der Waals surface area contributed by atoms with E-state index < -0.39 is 0 Å². The van der Waals surface area contributed by atoms with E-state index in [1.165, 1.54) is 0 Å². The number of ketones is 1. The molecule has 2 aromatic rings. The Morgan fingerprint density at radius 1 is 1.00 bits per heavy atom. The van der Waals surface area contributed by atoms with E-state index in [1.807, 2.05) is 19.1 Å². The largest absolute Gasteiger partial charge is 0.399 e. The van der Waals surface area contributed by atoms with Crippen LogP contribution >= 0.6 is 31.9 Å². The van der Waals surface area contributed by atoms with Gasteiger partial charge in [0.1, 0.15) is 0 Å². The quantitative estimate of drug-likeness (QED) is 0.633. The van der Waals surface area contributed by atoms with Gasteiger partial charge in [-0.3, -0.25) is 4.79 Å². The molecule has 0 aliphatic rings. The SMILES string of the molecule is Cc1cc(C(=O)c2cc(Br)cc(Br)c2)ccc1N. The molecular weight excluding hydrogens is 358 g/mol. The topological polar surface area (TPSA) is 43.1 Å². The predicted octanol–water partition coefficient (Wildman–Crippen LogP) is 4.33. The summed E-state index contributed by atoms with van der Waals surface area (Å²) in [6, 6.07) is 10.8. The van der Waals surface area contributed by atoms with Gasteiger partial charge in [-0.15, -0.1) is 0 Å². The molecule has 4 heteroatoms. The van der Waals surface area contributed by atoms with E-state index in [0.29, 0.717) is 16.8 Å². The van der Waals surface area contributed by atoms with Gasteiger partial charge in [0, 0.05) is 25.8 Å². The molecule has 2 N–H and O–H groups in total. The molecule has 0 saturated heterocycles. The van der Waals surface area contributed by atoms with Crippen LogP contribution in [0.2, 0.25) is 0 Å². The molecule has 0 spiro atoms. The summed E-state index contributed by atoms with van der Waals surface area (Å²) in [4.78, 5) is 12.3. The van der Waals surface area contributed by atoms with E-state index in [9.17, 15) is 4.79 Å². The number of rotatable bonds is 2. The van der Waals surface area contributed by atoms with E-state index in [2.05, 4.69) is 31.9 Å². The maximum absolute atomic E-state index is 12.3. The number of hydrogen-bond donors (Lipinski definition) is 1. The van der Waals surface area contributed by atoms with Gasteiger partial charge >= 0.3 is 0 Å². The van der Waals surface area contributed by atoms with E-state index in [-0.39, 0.29) is 5.78 Å². The second kappa shape index (κ2) is 5.24. The van der Waals surface area contributed by atoms with Crippen molar-refractivity contribution >= 4 is 43.3 Å². The zero-order valence-corrected chi connectivity index (χ0v) is 12.9. The van der Waals surface area contributed by atoms with Crippen LogP contribution in [-0.4, -0.2) is 5.78 Å². The third-order valence-electron chi connectivity index (χ3n) is 2.66. The molecule has 0 amide bonds. The molecule has 0 unspecified atom stereocenters. The van der Waals surface area contributed by atoms with Crippen LogP contribution in [0.4, 0.5) is 5.69 Å². The average molecular weight is 369 g/mol. The summed E-state index contributed by atoms with van der Waals surface area (Å²) in [7, 11) is 0. The zero-order valence-electron chi connectivity index (χ0n) is 9.71. The number of aryl methyl sites for hydroxylation is 1. The maximum atomic E-state index is 12.3. The van der Waals surface area contributed by atoms with Crippen LogP contribution in [0.5, 0.6) is 0 Å². The zero-order chi connectivity index (χ0) is 13.3. The van der Waals surface area contributed by atoms with Gasteiger partial charge in [-0.1, -0.05) is 31.9 Å². The van der Waals surface area contributed by atoms with Crippen LogP contribution in [0.3, 0.4) is 0 Å². The van der Waals surface area contributed by atoms with Crippen LogP contribution < -0.4 is 5.73 Å². The maximum Gasteiger partial charge on any atom is 0.193 e. The van der Waals surface area contributed by atoms with Crippen molar-refractivity contribution in [2.24, 2.45) is 0 Å². The molecule has 0 aliphatic carbocycles. The minimum absolute atomic E-state index is 0.0138. The lowest BCUT2D eigenvalue weighted by Gasteiger charge is -2.06. The van der Waals surface area contributed by atoms with Gasteiger partial charge in [0.25, 0.3) is 0 Å². The molecule has 2 aromatic carbocycles. The Hall–Kier alpha value is -1.13. The Morgan fingerprint density at radius 2 is 1.61 bits per heavy atom. The fourth-order valence-corrected chi connectivity index (χ4v) is 2.96. The molecule has 0 aliphatic heterocycles. The van der Waals surface area contributed by atoms with Gasteiger partial charge in [0.05, 0.1) is 0 Å². The Morgan fingerprint density at radius 3 is 2.17 bits per heavy atom. The molecule has 2 nitrogen and oxygen atoms in total. The average Bonchev–Trinajstić information content (AvgIpc) is 2.30. The number of nitrogen functional groups attached to an aromatic ring is 1. The van der Waals surface area contributed by atoms with Crippen molar-refractivity contribution in [3.63, 3.8) is 0 Å². The Bertz CT molecular complexity index is 603. The van der Waals surface area contributed by atoms with E-state index >= 15 is 0 Å². The molecule has 0 saturated carbocycles. The summed E-state index contributed by atoms with van der Waals surface area (Å²) >= 11 is 6.76. The normalized spacial score (nSPS) is 10.4. The van der Waals surface area contributed by atoms with Gasteiger partial charge in [-0.25, -0.2) is 0 Å². The molecular formula is C14H11Br2NO. The van der Waals surface area contributed by atoms with Crippen LogP contribution in [0.15, 0.2) is 45.3 Å². The smallest absolute Gasteiger partial charge is 0.193 e. The molecule has 2 rings (SSSR count). The molecule has 92 valence electrons. The van der Waals surface area contributed by atoms with Gasteiger partial charge in [-0.05, 0) is 48.9 Å². The standard InChI is InChI=1S/C14H11Br2NO/c1-8-4-9(2-3-13(8)17)14(18)10-5-11(15)7-12(16)6-10/h2-7H,17H2,1H3. The molecule has 0 radical (unpaired) electrons. The molecule has 0 aromatic heterocycles. The van der Waals surface area contributed by atoms with Crippen molar-refractivity contribution < 1.29 is 4.79 Å². The lowest BCUT2D eigenvalue weighted by Crippen LogP contribution is -2.03. The lowest BCUT2D eigenvalue weighted by molar-refractivity contribution is 0.103. The first-order valence-electron chi connectivity index (χ1n) is 5.34. The van der Waals surface area contributed by atoms with Gasteiger partial charge in [-0.2, -0.15) is 0 Å². The van der Waals surface area contributed by atoms with E-state index in [1.54, 1.807) is 24.3 Å². The predicted molar refractivity (Wildman–Crippen MR) is 80.9 cm³/mol. The van der Waals surface area contributed by atoms with E-state index in [4.69, 9.17) is 5.73 Å². The van der Waals surface area contributed by atoms with Crippen LogP contribution in [-0.2, 0) is 0 Å². The van der Waals surface area contributed by atoms with Crippen molar-refractivity contribution in [2.75, 3.05) is 5.73 Å². The molecule has 18 heavy (non-hydrogen) atoms. The number of carbonyl (C=O) groups excluding carboxylic acids is 1. The second-order valence-electron chi connectivity index (χ2n) is 4.06. The molecule has 0 atom stereocenters. The number of nitrogens with two attached hydrogens (primary N) is 1. The minimum Gasteiger partial charge on any atom is -0.399 e. The summed E-state index contributed by atoms with van der Waals surface area (Å²) < 4.78 is 1.74. The van der Waals surface area contributed by atoms with Gasteiger partial charge in [0.2, 0.25) is 0 Å². The van der Waals surface area contributed by atoms with Gasteiger partial charge < -0.3 is 5.73 Å². The van der Waals surface area contributed by atoms with Crippen LogP contribution in [0.1, 0.15) is 21.5 Å². The first kappa shape index (κ1) is 13.3. The number of anilines is 1. The second-order valence-corrected chi connectivity index (χ2v) is 5.89. The van der Waals surface area contributed by atoms with Crippen molar-refractivity contribution in [1.29, 1.82) is 0 Å². The Balaban J connectivity index is 2.44. The fourth-order valence-electron chi connectivity index (χ4n) is 1.67. The Labute approximate surface area is 122 Å². The summed E-state index contributed by atoms with van der Waals surface area (Å²) in [5.41, 5.74) is 8.64. The first-order valence-corrected chi connectivity index (χ1v) is 6.93. The van der Waals surface area contributed by atoms with E-state index in [0.717, 1.165) is 14.5 Å². The lowest BCUT2D eigenvalue weighted by atomic mass is 10.0. The minimum atomic E-state index is -0.0138. The number of halogens is 2.